The van der Waals surface area contributed by atoms with Gasteiger partial charge in [0.15, 0.2) is 0 Å². The molecule has 1 aliphatic rings. The SMILES string of the molecule is CCCCC(CC)CC1OC(C(=O)O)(C(=O)O)c2ccccc21. The highest BCUT2D eigenvalue weighted by molar-refractivity contribution is 6.03. The Kier molecular flexibility index (Phi) is 5.42. The molecule has 2 rings (SSSR count). The Hall–Kier alpha value is -1.88. The smallest absolute Gasteiger partial charge is 0.352 e. The molecule has 0 bridgehead atoms. The molecule has 1 aromatic rings. The molecule has 23 heavy (non-hydrogen) atoms. The van der Waals surface area contributed by atoms with E-state index in [1.54, 1.807) is 24.3 Å². The van der Waals surface area contributed by atoms with Crippen molar-refractivity contribution in [3.05, 3.63) is 35.4 Å². The van der Waals surface area contributed by atoms with Crippen LogP contribution >= 0.6 is 0 Å². The van der Waals surface area contributed by atoms with Crippen molar-refractivity contribution in [1.29, 1.82) is 0 Å². The summed E-state index contributed by atoms with van der Waals surface area (Å²) in [6.07, 6.45) is 4.38. The summed E-state index contributed by atoms with van der Waals surface area (Å²) in [7, 11) is 0. The second-order valence-electron chi connectivity index (χ2n) is 6.14. The molecule has 0 aromatic heterocycles. The molecule has 2 N–H and O–H groups in total. The molecule has 126 valence electrons. The lowest BCUT2D eigenvalue weighted by Gasteiger charge is -2.23. The number of hydrogen-bond donors (Lipinski definition) is 2. The van der Waals surface area contributed by atoms with Crippen LogP contribution in [0.15, 0.2) is 24.3 Å². The molecular formula is C18H24O5. The molecule has 0 saturated carbocycles. The van der Waals surface area contributed by atoms with Gasteiger partial charge in [0.2, 0.25) is 0 Å². The van der Waals surface area contributed by atoms with Crippen LogP contribution in [-0.4, -0.2) is 22.2 Å². The number of unbranched alkanes of at least 4 members (excludes halogenated alkanes) is 1. The molecule has 0 radical (unpaired) electrons. The van der Waals surface area contributed by atoms with Crippen LogP contribution in [0.1, 0.15) is 63.2 Å². The first kappa shape index (κ1) is 17.5. The molecular weight excluding hydrogens is 296 g/mol. The fourth-order valence-electron chi connectivity index (χ4n) is 3.32. The van der Waals surface area contributed by atoms with Gasteiger partial charge in [-0.2, -0.15) is 0 Å². The first-order valence-electron chi connectivity index (χ1n) is 8.21. The third-order valence-corrected chi connectivity index (χ3v) is 4.70. The molecule has 2 atom stereocenters. The predicted molar refractivity (Wildman–Crippen MR) is 85.1 cm³/mol. The third kappa shape index (κ3) is 3.11. The summed E-state index contributed by atoms with van der Waals surface area (Å²) < 4.78 is 5.66. The van der Waals surface area contributed by atoms with Gasteiger partial charge in [-0.15, -0.1) is 0 Å². The largest absolute Gasteiger partial charge is 0.478 e. The zero-order valence-electron chi connectivity index (χ0n) is 13.6. The van der Waals surface area contributed by atoms with Crippen molar-refractivity contribution in [1.82, 2.24) is 0 Å². The number of carboxylic acids is 2. The second kappa shape index (κ2) is 7.13. The molecule has 0 saturated heterocycles. The molecule has 0 aliphatic carbocycles. The summed E-state index contributed by atoms with van der Waals surface area (Å²) >= 11 is 0. The quantitative estimate of drug-likeness (QED) is 0.713. The summed E-state index contributed by atoms with van der Waals surface area (Å²) in [5.74, 6) is -2.55. The van der Waals surface area contributed by atoms with Crippen molar-refractivity contribution < 1.29 is 24.5 Å². The van der Waals surface area contributed by atoms with E-state index in [1.807, 2.05) is 0 Å². The number of benzene rings is 1. The topological polar surface area (TPSA) is 83.8 Å². The van der Waals surface area contributed by atoms with Gasteiger partial charge >= 0.3 is 11.9 Å². The summed E-state index contributed by atoms with van der Waals surface area (Å²) in [5, 5.41) is 19.1. The van der Waals surface area contributed by atoms with Crippen LogP contribution in [-0.2, 0) is 19.9 Å². The normalized spacial score (nSPS) is 20.0. The van der Waals surface area contributed by atoms with Gasteiger partial charge in [-0.3, -0.25) is 0 Å². The molecule has 5 nitrogen and oxygen atoms in total. The summed E-state index contributed by atoms with van der Waals surface area (Å²) in [6, 6.07) is 6.77. The van der Waals surface area contributed by atoms with Gasteiger partial charge in [0, 0.05) is 5.56 Å². The van der Waals surface area contributed by atoms with Crippen LogP contribution in [0, 0.1) is 5.92 Å². The molecule has 2 unspecified atom stereocenters. The van der Waals surface area contributed by atoms with Crippen LogP contribution in [0.5, 0.6) is 0 Å². The van der Waals surface area contributed by atoms with Crippen LogP contribution in [0.3, 0.4) is 0 Å². The first-order chi connectivity index (χ1) is 11.0. The van der Waals surface area contributed by atoms with Gasteiger partial charge in [-0.05, 0) is 17.9 Å². The Bertz CT molecular complexity index is 567. The maximum Gasteiger partial charge on any atom is 0.352 e. The zero-order valence-corrected chi connectivity index (χ0v) is 13.6. The number of carbonyl (C=O) groups is 2. The average Bonchev–Trinajstić information content (AvgIpc) is 2.87. The van der Waals surface area contributed by atoms with E-state index in [-0.39, 0.29) is 5.56 Å². The highest BCUT2D eigenvalue weighted by Gasteiger charge is 2.57. The van der Waals surface area contributed by atoms with E-state index >= 15 is 0 Å². The number of ether oxygens (including phenoxy) is 1. The van der Waals surface area contributed by atoms with E-state index in [9.17, 15) is 19.8 Å². The Morgan fingerprint density at radius 1 is 1.22 bits per heavy atom. The van der Waals surface area contributed by atoms with E-state index in [4.69, 9.17) is 4.74 Å². The van der Waals surface area contributed by atoms with Gasteiger partial charge in [0.1, 0.15) is 0 Å². The minimum absolute atomic E-state index is 0.246. The van der Waals surface area contributed by atoms with Crippen LogP contribution < -0.4 is 0 Å². The number of rotatable bonds is 8. The zero-order chi connectivity index (χ0) is 17.0. The molecule has 1 aliphatic heterocycles. The van der Waals surface area contributed by atoms with E-state index in [1.165, 1.54) is 0 Å². The maximum atomic E-state index is 11.7. The highest BCUT2D eigenvalue weighted by atomic mass is 16.6. The van der Waals surface area contributed by atoms with E-state index in [0.29, 0.717) is 17.9 Å². The lowest BCUT2D eigenvalue weighted by Crippen LogP contribution is -2.43. The molecule has 1 heterocycles. The Labute approximate surface area is 136 Å². The fourth-order valence-corrected chi connectivity index (χ4v) is 3.32. The van der Waals surface area contributed by atoms with Gasteiger partial charge in [-0.1, -0.05) is 63.8 Å². The van der Waals surface area contributed by atoms with Gasteiger partial charge in [0.05, 0.1) is 6.10 Å². The van der Waals surface area contributed by atoms with Gasteiger partial charge in [0.25, 0.3) is 5.60 Å². The van der Waals surface area contributed by atoms with Crippen molar-refractivity contribution in [2.24, 2.45) is 5.92 Å². The second-order valence-corrected chi connectivity index (χ2v) is 6.14. The molecule has 5 heteroatoms. The summed E-state index contributed by atoms with van der Waals surface area (Å²) in [4.78, 5) is 23.4. The lowest BCUT2D eigenvalue weighted by molar-refractivity contribution is -0.189. The number of carboxylic acid groups (broad SMARTS) is 2. The van der Waals surface area contributed by atoms with Crippen molar-refractivity contribution in [2.45, 2.75) is 57.7 Å². The minimum atomic E-state index is -2.29. The lowest BCUT2D eigenvalue weighted by atomic mass is 9.88. The number of fused-ring (bicyclic) bond motifs is 1. The predicted octanol–water partition coefficient (Wildman–Crippen LogP) is 3.73. The highest BCUT2D eigenvalue weighted by Crippen LogP contribution is 2.47. The summed E-state index contributed by atoms with van der Waals surface area (Å²) in [5.41, 5.74) is -1.35. The Morgan fingerprint density at radius 3 is 2.43 bits per heavy atom. The monoisotopic (exact) mass is 320 g/mol. The van der Waals surface area contributed by atoms with Crippen molar-refractivity contribution in [3.8, 4) is 0 Å². The maximum absolute atomic E-state index is 11.7. The van der Waals surface area contributed by atoms with Crippen LogP contribution in [0.4, 0.5) is 0 Å². The van der Waals surface area contributed by atoms with E-state index in [0.717, 1.165) is 25.7 Å². The van der Waals surface area contributed by atoms with Crippen molar-refractivity contribution >= 4 is 11.9 Å². The third-order valence-electron chi connectivity index (χ3n) is 4.70. The van der Waals surface area contributed by atoms with Crippen molar-refractivity contribution in [3.63, 3.8) is 0 Å². The molecule has 0 amide bonds. The standard InChI is InChI=1S/C18H24O5/c1-3-5-8-12(4-2)11-15-13-9-6-7-10-14(13)18(23-15,16(19)20)17(21)22/h6-7,9-10,12,15H,3-5,8,11H2,1-2H3,(H,19,20)(H,21,22). The van der Waals surface area contributed by atoms with Gasteiger partial charge in [-0.25, -0.2) is 9.59 Å². The number of aliphatic carboxylic acids is 2. The molecule has 1 aromatic carbocycles. The van der Waals surface area contributed by atoms with Crippen molar-refractivity contribution in [2.75, 3.05) is 0 Å². The van der Waals surface area contributed by atoms with Crippen LogP contribution in [0.25, 0.3) is 0 Å². The van der Waals surface area contributed by atoms with Gasteiger partial charge < -0.3 is 14.9 Å². The Balaban J connectivity index is 2.34. The Morgan fingerprint density at radius 2 is 1.87 bits per heavy atom. The summed E-state index contributed by atoms with van der Waals surface area (Å²) in [6.45, 7) is 4.23. The fraction of sp³-hybridized carbons (Fsp3) is 0.556. The average molecular weight is 320 g/mol. The molecule has 0 fully saturated rings. The first-order valence-corrected chi connectivity index (χ1v) is 8.21. The van der Waals surface area contributed by atoms with E-state index in [2.05, 4.69) is 13.8 Å². The van der Waals surface area contributed by atoms with E-state index < -0.39 is 23.6 Å². The van der Waals surface area contributed by atoms with Crippen LogP contribution in [0.2, 0.25) is 0 Å². The molecule has 0 spiro atoms. The minimum Gasteiger partial charge on any atom is -0.478 e. The number of hydrogen-bond acceptors (Lipinski definition) is 3.